The van der Waals surface area contributed by atoms with E-state index in [9.17, 15) is 65.3 Å². The zero-order valence-corrected chi connectivity index (χ0v) is 96.1. The Balaban J connectivity index is -0.0000000897. The highest BCUT2D eigenvalue weighted by Crippen LogP contribution is 2.42. The molecule has 4 aromatic carbocycles. The molecule has 0 saturated heterocycles. The number of phosphoric acid groups is 6. The molecule has 0 heterocycles. The molecule has 0 aromatic heterocycles. The summed E-state index contributed by atoms with van der Waals surface area (Å²) in [5.74, 6) is -2.06. The van der Waals surface area contributed by atoms with Crippen LogP contribution in [0.3, 0.4) is 0 Å². The molecule has 43 nitrogen and oxygen atoms in total. The fraction of sp³-hybridized carbons (Fsp3) is 0.389. The number of rotatable bonds is 33. The molecule has 0 aliphatic carbocycles. The quantitative estimate of drug-likeness (QED) is 0.00401. The van der Waals surface area contributed by atoms with Crippen LogP contribution in [0.25, 0.3) is 12.2 Å². The molecular weight excluding hydrogens is 2070 g/mol. The van der Waals surface area contributed by atoms with Gasteiger partial charge in [0.1, 0.15) is 44.4 Å². The minimum absolute atomic E-state index is 0.0332. The lowest BCUT2D eigenvalue weighted by Gasteiger charge is -2.18. The lowest BCUT2D eigenvalue weighted by atomic mass is 10.2. The Labute approximate surface area is 865 Å². The molecule has 4 aromatic rings. The van der Waals surface area contributed by atoms with Crippen LogP contribution in [0.5, 0.6) is 5.75 Å². The second-order valence-electron chi connectivity index (χ2n) is 26.9. The minimum Gasteiger partial charge on any atom is -0.460 e. The highest BCUT2D eigenvalue weighted by Gasteiger charge is 2.28. The molecule has 2 atom stereocenters. The van der Waals surface area contributed by atoms with E-state index in [1.807, 2.05) is 239 Å². The Bertz CT molecular complexity index is 4460. The molecule has 18 N–H and O–H groups in total. The van der Waals surface area contributed by atoms with Gasteiger partial charge in [-0.15, -0.1) is 39.5 Å². The Morgan fingerprint density at radius 1 is 0.384 bits per heavy atom. The van der Waals surface area contributed by atoms with E-state index in [2.05, 4.69) is 142 Å². The number of nitrogens with one attached hydrogen (secondary N) is 2. The lowest BCUT2D eigenvalue weighted by Crippen LogP contribution is -2.29. The lowest BCUT2D eigenvalue weighted by molar-refractivity contribution is -0.142. The molecule has 146 heavy (non-hydrogen) atoms. The number of para-hydroxylation sites is 2. The number of hydrogen-bond acceptors (Lipinski definition) is 25. The van der Waals surface area contributed by atoms with Crippen LogP contribution in [0.4, 0.5) is 10.5 Å². The summed E-state index contributed by atoms with van der Waals surface area (Å²) in [5.41, 5.74) is 8.70. The number of benzene rings is 4. The molecule has 0 aliphatic rings. The van der Waals surface area contributed by atoms with E-state index in [0.29, 0.717) is 11.3 Å². The van der Waals surface area contributed by atoms with Crippen molar-refractivity contribution < 1.29 is 194 Å². The molecule has 0 spiro atoms. The maximum atomic E-state index is 11.0. The first kappa shape index (κ1) is 173. The normalized spacial score (nSPS) is 10.1. The fourth-order valence-electron chi connectivity index (χ4n) is 5.15. The first-order valence-electron chi connectivity index (χ1n) is 42.9. The van der Waals surface area contributed by atoms with Crippen LogP contribution in [0, 0.1) is 0 Å². The summed E-state index contributed by atoms with van der Waals surface area (Å²) in [6.07, 6.45) is 8.14. The number of ether oxygens (including phenoxy) is 5. The predicted octanol–water partition coefficient (Wildman–Crippen LogP) is 21.4. The van der Waals surface area contributed by atoms with E-state index in [0.717, 1.165) is 12.4 Å². The fourth-order valence-corrected chi connectivity index (χ4v) is 7.85. The van der Waals surface area contributed by atoms with E-state index in [-0.39, 0.29) is 74.8 Å². The molecule has 2 unspecified atom stereocenters. The summed E-state index contributed by atoms with van der Waals surface area (Å²) in [6, 6.07) is 38.2. The third-order valence-corrected chi connectivity index (χ3v) is 14.2. The van der Waals surface area contributed by atoms with Crippen molar-refractivity contribution in [3.05, 3.63) is 293 Å². The zero-order chi connectivity index (χ0) is 119. The monoisotopic (exact) mass is 2240 g/mol. The first-order chi connectivity index (χ1) is 66.7. The van der Waals surface area contributed by atoms with E-state index >= 15 is 0 Å². The average Bonchev–Trinajstić information content (AvgIpc) is 0.896. The van der Waals surface area contributed by atoms with Crippen molar-refractivity contribution in [1.29, 1.82) is 0 Å². The molecule has 844 valence electrons. The van der Waals surface area contributed by atoms with Gasteiger partial charge in [0.25, 0.3) is 0 Å². The number of amides is 2. The van der Waals surface area contributed by atoms with Gasteiger partial charge in [0, 0.05) is 34.6 Å². The average molecular weight is 2240 g/mol. The van der Waals surface area contributed by atoms with Gasteiger partial charge >= 0.3 is 92.1 Å². The van der Waals surface area contributed by atoms with Gasteiger partial charge in [0.15, 0.2) is 0 Å². The second-order valence-corrected chi connectivity index (χ2v) is 37.7. The summed E-state index contributed by atoms with van der Waals surface area (Å²) in [4.78, 5) is 196. The van der Waals surface area contributed by atoms with Crippen LogP contribution >= 0.6 is 62.1 Å². The second kappa shape index (κ2) is 111. The van der Waals surface area contributed by atoms with Gasteiger partial charge in [0.2, 0.25) is 5.91 Å². The Morgan fingerprint density at radius 2 is 0.671 bits per heavy atom. The molecule has 4 rings (SSSR count). The van der Waals surface area contributed by atoms with Gasteiger partial charge in [-0.05, 0) is 166 Å². The molecule has 0 saturated carbocycles. The summed E-state index contributed by atoms with van der Waals surface area (Å²) < 4.78 is 128. The molecular formula is C95H168N2O41P8. The van der Waals surface area contributed by atoms with Crippen molar-refractivity contribution >= 4 is 116 Å². The topological polar surface area (TPSA) is 688 Å². The van der Waals surface area contributed by atoms with E-state index < -0.39 is 118 Å². The van der Waals surface area contributed by atoms with Crippen molar-refractivity contribution in [2.24, 2.45) is 0 Å². The Hall–Kier alpha value is -9.18. The number of carbonyl (C=O) groups excluding carboxylic acids is 6. The van der Waals surface area contributed by atoms with Gasteiger partial charge in [0.05, 0.1) is 39.1 Å². The van der Waals surface area contributed by atoms with Crippen LogP contribution in [-0.4, -0.2) is 199 Å². The van der Waals surface area contributed by atoms with Gasteiger partial charge < -0.3 is 113 Å². The van der Waals surface area contributed by atoms with Crippen molar-refractivity contribution in [2.45, 2.75) is 178 Å². The van der Waals surface area contributed by atoms with E-state index in [1.54, 1.807) is 37.3 Å². The number of carbonyl (C=O) groups is 6. The number of esters is 4. The van der Waals surface area contributed by atoms with Crippen LogP contribution < -0.4 is 15.4 Å². The van der Waals surface area contributed by atoms with E-state index in [1.165, 1.54) is 87.1 Å². The standard InChI is InChI=1S/C10H10O2.C9H16NO7P.C9H9NO.2C8H8.C7H14O10P2.C7H13O6P.5C4H8.C3H7O4P.C3H6.2C2H7O4P.3C2H6.CH5O3P/c1-8(2)10(11)12-9-6-4-3-5-7-9;1-7(2)8(11)16-4-3-10-9(12)17-5-6-18(13,14)15;1-2-9(11)10-8-6-4-3-5-7-8;2*1-2-8-6-4-3-5-7-8;1-5(2)7(8)15-3-6(17-19(12,13)14)4-16-18(9,10)11;1-5(2)7(8)12-4-6(3)13-14(9,10)11;4*1-4(2)3;1-3-4-2;1-2-3-7-8(4,5)6;1-3-2;2*1-2-6-7(3,4)5;3*1-2;1-5(2,3)4/h3-7H,1H2,2H3;1,3-6H2,2H3,(H,10,12)(H2,13,14,15);2-7H,1H2,(H,10,11);2*2-7H,1H2;6H,1,3-4H2,2H3,(H2,9,10,11)(H2,12,13,14);6H,1,4H2,2-3H3,(H2,9,10,11);4*1H2,2-3H3;3-4H,1-2H3;2H,1,3H2,(H2,4,5,6);3H,1H2,2H3;2*2H2,1H3,(H2,3,4,5);3*1-2H3;1H3,(H2,2,3,4). The Kier molecular flexibility index (Phi) is 132. The number of phosphoric ester groups is 6. The number of alkyl carbamates (subject to hydrolysis) is 1. The van der Waals surface area contributed by atoms with Gasteiger partial charge in [-0.3, -0.25) is 41.1 Å². The summed E-state index contributed by atoms with van der Waals surface area (Å²) >= 11 is 0. The van der Waals surface area contributed by atoms with Crippen molar-refractivity contribution in [3.63, 3.8) is 0 Å². The highest BCUT2D eigenvalue weighted by atomic mass is 31.2. The molecule has 0 fully saturated rings. The molecule has 0 radical (unpaired) electrons. The van der Waals surface area contributed by atoms with E-state index in [4.69, 9.17) is 83.0 Å². The molecule has 0 aliphatic heterocycles. The summed E-state index contributed by atoms with van der Waals surface area (Å²) in [6.45, 7) is 87.5. The maximum absolute atomic E-state index is 11.0. The highest BCUT2D eigenvalue weighted by molar-refractivity contribution is 7.52. The number of anilines is 1. The third-order valence-electron chi connectivity index (χ3n) is 10.0. The van der Waals surface area contributed by atoms with Crippen molar-refractivity contribution in [1.82, 2.24) is 5.32 Å². The van der Waals surface area contributed by atoms with Gasteiger partial charge in [-0.25, -0.2) is 51.4 Å². The number of hydrogen-bond donors (Lipinski definition) is 18. The van der Waals surface area contributed by atoms with Crippen LogP contribution in [0.1, 0.15) is 177 Å². The molecule has 51 heteroatoms. The number of allylic oxidation sites excluding steroid dienone is 7. The smallest absolute Gasteiger partial charge is 0.460 e. The first-order valence-corrected chi connectivity index (χ1v) is 56.0. The van der Waals surface area contributed by atoms with Crippen LogP contribution in [0.2, 0.25) is 0 Å². The maximum Gasteiger partial charge on any atom is 0.470 e. The summed E-state index contributed by atoms with van der Waals surface area (Å²) in [7, 11) is -34.7. The van der Waals surface area contributed by atoms with Crippen molar-refractivity contribution in [3.8, 4) is 5.75 Å². The predicted molar refractivity (Wildman–Crippen MR) is 582 cm³/mol. The SMILES string of the molecule is C=C(C)C.C=C(C)C.C=C(C)C.C=C(C)C.C=C(C)C(=O)OCC(C)OP(=O)(O)O.C=C(C)C(=O)OCC(COP(=O)(O)O)OP(=O)(O)O.C=C(C)C(=O)OCCNC(=O)OCCP(=O)(O)O.C=C(C)C(=O)Oc1ccccc1.C=CC.C=CC(=O)Nc1ccccc1.C=CCOP(=O)(O)O.C=Cc1ccccc1.C=Cc1ccccc1.CC.CC.CC.CC=CC.CCOP(=O)(O)O.CCOP(=O)(O)O.CP(=O)(O)O. The van der Waals surface area contributed by atoms with Gasteiger partial charge in [-0.1, -0.05) is 243 Å². The van der Waals surface area contributed by atoms with Crippen LogP contribution in [-0.2, 0) is 107 Å². The third kappa shape index (κ3) is 212. The van der Waals surface area contributed by atoms with Crippen molar-refractivity contribution in [2.75, 3.05) is 77.5 Å². The van der Waals surface area contributed by atoms with Gasteiger partial charge in [-0.2, -0.15) is 0 Å². The largest absolute Gasteiger partial charge is 0.470 e. The molecule has 0 bridgehead atoms. The Morgan fingerprint density at radius 3 is 0.904 bits per heavy atom. The summed E-state index contributed by atoms with van der Waals surface area (Å²) in [5, 5.41) is 4.88. The zero-order valence-electron chi connectivity index (χ0n) is 88.9. The minimum atomic E-state index is -4.93. The molecule has 2 amide bonds. The van der Waals surface area contributed by atoms with Crippen LogP contribution in [0.15, 0.2) is 282 Å².